The van der Waals surface area contributed by atoms with Crippen molar-refractivity contribution in [3.8, 4) is 16.3 Å². The zero-order chi connectivity index (χ0) is 20.1. The second kappa shape index (κ2) is 9.02. The average Bonchev–Trinajstić information content (AvgIpc) is 3.36. The van der Waals surface area contributed by atoms with Crippen molar-refractivity contribution in [2.75, 3.05) is 19.4 Å². The van der Waals surface area contributed by atoms with E-state index in [1.54, 1.807) is 7.11 Å². The molecule has 0 amide bonds. The molecular formula is C19H24N2O5S2. The van der Waals surface area contributed by atoms with E-state index < -0.39 is 22.0 Å². The van der Waals surface area contributed by atoms with Gasteiger partial charge in [-0.05, 0) is 31.4 Å². The van der Waals surface area contributed by atoms with E-state index in [4.69, 9.17) is 9.47 Å². The van der Waals surface area contributed by atoms with E-state index >= 15 is 0 Å². The van der Waals surface area contributed by atoms with Crippen LogP contribution >= 0.6 is 11.3 Å². The summed E-state index contributed by atoms with van der Waals surface area (Å²) in [6, 6.07) is 6.85. The summed E-state index contributed by atoms with van der Waals surface area (Å²) in [6.45, 7) is 2.21. The van der Waals surface area contributed by atoms with E-state index in [1.807, 2.05) is 36.6 Å². The molecule has 1 unspecified atom stereocenters. The standard InChI is InChI=1S/C19H24N2O5S2/c1-3-10-28(23,24)21-9-5-8-17(21)19(22)26-12-15-13-27-18(20-15)14-6-4-7-16(11-14)25-2/h4,6-7,11,13,17H,3,5,8-10,12H2,1-2H3. The van der Waals surface area contributed by atoms with Gasteiger partial charge in [0.1, 0.15) is 23.4 Å². The average molecular weight is 425 g/mol. The van der Waals surface area contributed by atoms with Gasteiger partial charge in [0.15, 0.2) is 0 Å². The number of benzene rings is 1. The second-order valence-electron chi connectivity index (χ2n) is 6.57. The summed E-state index contributed by atoms with van der Waals surface area (Å²) in [5.74, 6) is 0.288. The van der Waals surface area contributed by atoms with Crippen molar-refractivity contribution in [3.05, 3.63) is 35.3 Å². The Morgan fingerprint density at radius 2 is 2.21 bits per heavy atom. The summed E-state index contributed by atoms with van der Waals surface area (Å²) in [4.78, 5) is 17.0. The Labute approximate surface area is 169 Å². The molecule has 0 saturated carbocycles. The van der Waals surface area contributed by atoms with E-state index in [-0.39, 0.29) is 12.4 Å². The number of nitrogens with zero attached hydrogens (tertiary/aromatic N) is 2. The van der Waals surface area contributed by atoms with Crippen LogP contribution in [0.3, 0.4) is 0 Å². The van der Waals surface area contributed by atoms with Gasteiger partial charge in [-0.1, -0.05) is 19.1 Å². The highest BCUT2D eigenvalue weighted by Gasteiger charge is 2.39. The normalized spacial score (nSPS) is 17.6. The van der Waals surface area contributed by atoms with Gasteiger partial charge in [-0.3, -0.25) is 4.79 Å². The molecule has 152 valence electrons. The highest BCUT2D eigenvalue weighted by Crippen LogP contribution is 2.28. The molecule has 0 radical (unpaired) electrons. The van der Waals surface area contributed by atoms with Crippen LogP contribution < -0.4 is 4.74 Å². The van der Waals surface area contributed by atoms with Crippen LogP contribution in [0, 0.1) is 0 Å². The first-order chi connectivity index (χ1) is 13.4. The van der Waals surface area contributed by atoms with Gasteiger partial charge in [-0.2, -0.15) is 4.31 Å². The number of esters is 1. The van der Waals surface area contributed by atoms with Crippen molar-refractivity contribution in [1.29, 1.82) is 0 Å². The number of carbonyl (C=O) groups is 1. The zero-order valence-electron chi connectivity index (χ0n) is 16.0. The molecule has 1 aliphatic rings. The third kappa shape index (κ3) is 4.71. The Morgan fingerprint density at radius 3 is 2.96 bits per heavy atom. The van der Waals surface area contributed by atoms with Gasteiger partial charge in [-0.25, -0.2) is 13.4 Å². The zero-order valence-corrected chi connectivity index (χ0v) is 17.6. The molecule has 1 fully saturated rings. The van der Waals surface area contributed by atoms with Crippen LogP contribution in [-0.2, 0) is 26.2 Å². The number of sulfonamides is 1. The summed E-state index contributed by atoms with van der Waals surface area (Å²) in [5.41, 5.74) is 1.56. The van der Waals surface area contributed by atoms with Gasteiger partial charge < -0.3 is 9.47 Å². The third-order valence-corrected chi connectivity index (χ3v) is 7.54. The largest absolute Gasteiger partial charge is 0.497 e. The molecule has 7 nitrogen and oxygen atoms in total. The number of aromatic nitrogens is 1. The minimum atomic E-state index is -3.42. The van der Waals surface area contributed by atoms with Crippen LogP contribution in [0.2, 0.25) is 0 Å². The lowest BCUT2D eigenvalue weighted by atomic mass is 10.2. The lowest BCUT2D eigenvalue weighted by Crippen LogP contribution is -2.42. The molecule has 2 heterocycles. The number of thiazole rings is 1. The van der Waals surface area contributed by atoms with Crippen LogP contribution in [0.5, 0.6) is 5.75 Å². The van der Waals surface area contributed by atoms with Crippen molar-refractivity contribution in [2.45, 2.75) is 38.8 Å². The maximum absolute atomic E-state index is 12.5. The second-order valence-corrected chi connectivity index (χ2v) is 9.47. The molecule has 0 bridgehead atoms. The van der Waals surface area contributed by atoms with E-state index in [0.29, 0.717) is 31.5 Å². The first kappa shape index (κ1) is 20.8. The Bertz CT molecular complexity index is 926. The summed E-state index contributed by atoms with van der Waals surface area (Å²) < 4.78 is 36.6. The molecule has 1 aromatic heterocycles. The Hall–Kier alpha value is -1.97. The molecule has 9 heteroatoms. The molecular weight excluding hydrogens is 400 g/mol. The smallest absolute Gasteiger partial charge is 0.324 e. The number of hydrogen-bond acceptors (Lipinski definition) is 7. The quantitative estimate of drug-likeness (QED) is 0.606. The van der Waals surface area contributed by atoms with Gasteiger partial charge in [-0.15, -0.1) is 11.3 Å². The maximum Gasteiger partial charge on any atom is 0.324 e. The van der Waals surface area contributed by atoms with Crippen LogP contribution in [0.25, 0.3) is 10.6 Å². The monoisotopic (exact) mass is 424 g/mol. The van der Waals surface area contributed by atoms with Gasteiger partial charge in [0.25, 0.3) is 0 Å². The van der Waals surface area contributed by atoms with E-state index in [1.165, 1.54) is 15.6 Å². The van der Waals surface area contributed by atoms with E-state index in [2.05, 4.69) is 4.98 Å². The topological polar surface area (TPSA) is 85.8 Å². The molecule has 0 spiro atoms. The summed E-state index contributed by atoms with van der Waals surface area (Å²) >= 11 is 1.45. The molecule has 1 atom stereocenters. The molecule has 0 aliphatic carbocycles. The van der Waals surface area contributed by atoms with Crippen molar-refractivity contribution < 1.29 is 22.7 Å². The minimum Gasteiger partial charge on any atom is -0.497 e. The van der Waals surface area contributed by atoms with Gasteiger partial charge in [0.2, 0.25) is 10.0 Å². The van der Waals surface area contributed by atoms with Crippen LogP contribution in [-0.4, -0.2) is 49.1 Å². The van der Waals surface area contributed by atoms with Crippen molar-refractivity contribution in [3.63, 3.8) is 0 Å². The Morgan fingerprint density at radius 1 is 1.39 bits per heavy atom. The highest BCUT2D eigenvalue weighted by atomic mass is 32.2. The van der Waals surface area contributed by atoms with Gasteiger partial charge >= 0.3 is 5.97 Å². The number of ether oxygens (including phenoxy) is 2. The minimum absolute atomic E-state index is 0.0253. The van der Waals surface area contributed by atoms with Crippen molar-refractivity contribution in [1.82, 2.24) is 9.29 Å². The fraction of sp³-hybridized carbons (Fsp3) is 0.474. The number of carbonyl (C=O) groups excluding carboxylic acids is 1. The Balaban J connectivity index is 1.63. The van der Waals surface area contributed by atoms with Crippen LogP contribution in [0.4, 0.5) is 0 Å². The maximum atomic E-state index is 12.5. The van der Waals surface area contributed by atoms with Gasteiger partial charge in [0, 0.05) is 17.5 Å². The van der Waals surface area contributed by atoms with Gasteiger partial charge in [0.05, 0.1) is 18.6 Å². The first-order valence-corrected chi connectivity index (χ1v) is 11.7. The molecule has 3 rings (SSSR count). The van der Waals surface area contributed by atoms with Crippen LogP contribution in [0.1, 0.15) is 31.9 Å². The van der Waals surface area contributed by atoms with Crippen LogP contribution in [0.15, 0.2) is 29.6 Å². The molecule has 1 aromatic carbocycles. The van der Waals surface area contributed by atoms with Crippen molar-refractivity contribution in [2.24, 2.45) is 0 Å². The summed E-state index contributed by atoms with van der Waals surface area (Å²) in [7, 11) is -1.81. The molecule has 28 heavy (non-hydrogen) atoms. The predicted octanol–water partition coefficient (Wildman–Crippen LogP) is 3.07. The van der Waals surface area contributed by atoms with Crippen molar-refractivity contribution >= 4 is 27.3 Å². The number of rotatable bonds is 8. The molecule has 1 saturated heterocycles. The molecule has 2 aromatic rings. The fourth-order valence-corrected chi connectivity index (χ4v) is 5.73. The number of methoxy groups -OCH3 is 1. The Kier molecular flexibility index (Phi) is 6.69. The van der Waals surface area contributed by atoms with E-state index in [0.717, 1.165) is 16.3 Å². The summed E-state index contributed by atoms with van der Waals surface area (Å²) in [6.07, 6.45) is 1.68. The SMILES string of the molecule is CCCS(=O)(=O)N1CCCC1C(=O)OCc1csc(-c2cccc(OC)c2)n1. The van der Waals surface area contributed by atoms with E-state index in [9.17, 15) is 13.2 Å². The lowest BCUT2D eigenvalue weighted by Gasteiger charge is -2.22. The first-order valence-electron chi connectivity index (χ1n) is 9.19. The molecule has 0 N–H and O–H groups in total. The molecule has 1 aliphatic heterocycles. The third-order valence-electron chi connectivity index (χ3n) is 4.53. The fourth-order valence-electron chi connectivity index (χ4n) is 3.19. The lowest BCUT2D eigenvalue weighted by molar-refractivity contribution is -0.148. The predicted molar refractivity (Wildman–Crippen MR) is 108 cm³/mol. The number of hydrogen-bond donors (Lipinski definition) is 0. The highest BCUT2D eigenvalue weighted by molar-refractivity contribution is 7.89. The summed E-state index contributed by atoms with van der Waals surface area (Å²) in [5, 5.41) is 2.64.